The molecule has 0 radical (unpaired) electrons. The molecule has 1 aromatic heterocycles. The first kappa shape index (κ1) is 16.6. The highest BCUT2D eigenvalue weighted by Gasteiger charge is 2.22. The smallest absolute Gasteiger partial charge is 0.220 e. The Labute approximate surface area is 142 Å². The van der Waals surface area contributed by atoms with Gasteiger partial charge in [-0.2, -0.15) is 4.68 Å². The van der Waals surface area contributed by atoms with E-state index >= 15 is 0 Å². The predicted octanol–water partition coefficient (Wildman–Crippen LogP) is 1.54. The number of likely N-dealkylation sites (tertiary alicyclic amines) is 1. The maximum Gasteiger partial charge on any atom is 0.220 e. The number of nitrogens with one attached hydrogen (secondary N) is 1. The topological polar surface area (TPSA) is 75.9 Å². The van der Waals surface area contributed by atoms with Crippen LogP contribution in [0.5, 0.6) is 0 Å². The summed E-state index contributed by atoms with van der Waals surface area (Å²) in [7, 11) is 0. The fourth-order valence-electron chi connectivity index (χ4n) is 3.04. The molecule has 0 atom stereocenters. The minimum absolute atomic E-state index is 0.170. The van der Waals surface area contributed by atoms with E-state index in [0.717, 1.165) is 50.4 Å². The van der Waals surface area contributed by atoms with Crippen LogP contribution in [0.4, 0.5) is 0 Å². The third-order valence-corrected chi connectivity index (χ3v) is 4.33. The molecule has 1 aliphatic heterocycles. The van der Waals surface area contributed by atoms with Gasteiger partial charge in [-0.3, -0.25) is 9.69 Å². The average Bonchev–Trinajstić information content (AvgIpc) is 3.06. The molecule has 1 fully saturated rings. The van der Waals surface area contributed by atoms with Crippen molar-refractivity contribution >= 4 is 5.91 Å². The molecule has 7 heteroatoms. The van der Waals surface area contributed by atoms with E-state index < -0.39 is 0 Å². The Balaban J connectivity index is 1.54. The van der Waals surface area contributed by atoms with Crippen LogP contribution in [0.25, 0.3) is 5.69 Å². The third kappa shape index (κ3) is 4.17. The number of carbonyl (C=O) groups excluding carboxylic acids is 1. The molecular formula is C17H24N6O. The van der Waals surface area contributed by atoms with E-state index in [1.165, 1.54) is 0 Å². The highest BCUT2D eigenvalue weighted by molar-refractivity contribution is 5.76. The second-order valence-electron chi connectivity index (χ2n) is 6.21. The van der Waals surface area contributed by atoms with E-state index in [-0.39, 0.29) is 5.91 Å². The maximum atomic E-state index is 11.7. The van der Waals surface area contributed by atoms with Crippen LogP contribution in [-0.2, 0) is 11.3 Å². The minimum Gasteiger partial charge on any atom is -0.353 e. The van der Waals surface area contributed by atoms with Gasteiger partial charge in [-0.1, -0.05) is 25.1 Å². The van der Waals surface area contributed by atoms with Crippen molar-refractivity contribution in [1.29, 1.82) is 0 Å². The van der Waals surface area contributed by atoms with Crippen LogP contribution in [-0.4, -0.2) is 50.1 Å². The van der Waals surface area contributed by atoms with Gasteiger partial charge in [-0.25, -0.2) is 0 Å². The lowest BCUT2D eigenvalue weighted by molar-refractivity contribution is -0.122. The van der Waals surface area contributed by atoms with Gasteiger partial charge in [-0.05, 0) is 41.8 Å². The molecule has 1 N–H and O–H groups in total. The molecule has 0 unspecified atom stereocenters. The van der Waals surface area contributed by atoms with Crippen molar-refractivity contribution in [3.8, 4) is 5.69 Å². The van der Waals surface area contributed by atoms with Crippen LogP contribution in [0.2, 0.25) is 0 Å². The second kappa shape index (κ2) is 8.01. The minimum atomic E-state index is 0.170. The average molecular weight is 328 g/mol. The van der Waals surface area contributed by atoms with Crippen LogP contribution in [0, 0.1) is 0 Å². The fourth-order valence-corrected chi connectivity index (χ4v) is 3.04. The molecule has 1 saturated heterocycles. The highest BCUT2D eigenvalue weighted by Crippen LogP contribution is 2.14. The predicted molar refractivity (Wildman–Crippen MR) is 90.5 cm³/mol. The molecule has 0 bridgehead atoms. The van der Waals surface area contributed by atoms with Gasteiger partial charge >= 0.3 is 0 Å². The first-order chi connectivity index (χ1) is 11.8. The van der Waals surface area contributed by atoms with Crippen molar-refractivity contribution in [2.24, 2.45) is 0 Å². The monoisotopic (exact) mass is 328 g/mol. The van der Waals surface area contributed by atoms with Gasteiger partial charge in [0.25, 0.3) is 0 Å². The molecule has 128 valence electrons. The summed E-state index contributed by atoms with van der Waals surface area (Å²) in [5.41, 5.74) is 0.971. The number of amides is 1. The van der Waals surface area contributed by atoms with E-state index in [1.54, 1.807) is 4.68 Å². The standard InChI is InChI=1S/C17H24N6O/c1-2-6-17(24)18-14-9-11-22(12-10-14)13-16-19-20-21-23(16)15-7-4-3-5-8-15/h3-5,7-8,14H,2,6,9-13H2,1H3,(H,18,24). The van der Waals surface area contributed by atoms with E-state index in [2.05, 4.69) is 25.7 Å². The molecule has 24 heavy (non-hydrogen) atoms. The lowest BCUT2D eigenvalue weighted by Crippen LogP contribution is -2.44. The number of benzene rings is 1. The van der Waals surface area contributed by atoms with Crippen LogP contribution in [0.3, 0.4) is 0 Å². The van der Waals surface area contributed by atoms with Crippen molar-refractivity contribution in [3.63, 3.8) is 0 Å². The SMILES string of the molecule is CCCC(=O)NC1CCN(Cc2nnnn2-c2ccccc2)CC1. The van der Waals surface area contributed by atoms with Crippen molar-refractivity contribution < 1.29 is 4.79 Å². The molecule has 1 aliphatic rings. The molecule has 2 aromatic rings. The molecular weight excluding hydrogens is 304 g/mol. The Hall–Kier alpha value is -2.28. The lowest BCUT2D eigenvalue weighted by atomic mass is 10.0. The Morgan fingerprint density at radius 3 is 2.71 bits per heavy atom. The van der Waals surface area contributed by atoms with E-state index in [4.69, 9.17) is 0 Å². The quantitative estimate of drug-likeness (QED) is 0.870. The molecule has 0 spiro atoms. The maximum absolute atomic E-state index is 11.7. The normalized spacial score (nSPS) is 16.2. The molecule has 3 rings (SSSR count). The Morgan fingerprint density at radius 1 is 1.25 bits per heavy atom. The number of rotatable bonds is 6. The van der Waals surface area contributed by atoms with Gasteiger partial charge in [0.05, 0.1) is 12.2 Å². The number of nitrogens with zero attached hydrogens (tertiary/aromatic N) is 5. The molecule has 2 heterocycles. The van der Waals surface area contributed by atoms with E-state index in [1.807, 2.05) is 37.3 Å². The van der Waals surface area contributed by atoms with Gasteiger partial charge in [0.1, 0.15) is 0 Å². The fraction of sp³-hybridized carbons (Fsp3) is 0.529. The second-order valence-corrected chi connectivity index (χ2v) is 6.21. The first-order valence-electron chi connectivity index (χ1n) is 8.60. The molecule has 0 saturated carbocycles. The largest absolute Gasteiger partial charge is 0.353 e. The number of carbonyl (C=O) groups is 1. The van der Waals surface area contributed by atoms with Crippen LogP contribution >= 0.6 is 0 Å². The summed E-state index contributed by atoms with van der Waals surface area (Å²) >= 11 is 0. The summed E-state index contributed by atoms with van der Waals surface area (Å²) in [6.07, 6.45) is 3.46. The summed E-state index contributed by atoms with van der Waals surface area (Å²) in [4.78, 5) is 14.0. The molecule has 1 amide bonds. The third-order valence-electron chi connectivity index (χ3n) is 4.33. The zero-order chi connectivity index (χ0) is 16.8. The van der Waals surface area contributed by atoms with Crippen LogP contribution in [0.15, 0.2) is 30.3 Å². The van der Waals surface area contributed by atoms with E-state index in [9.17, 15) is 4.79 Å². The van der Waals surface area contributed by atoms with Crippen molar-refractivity contribution in [1.82, 2.24) is 30.4 Å². The van der Waals surface area contributed by atoms with Gasteiger partial charge < -0.3 is 5.32 Å². The van der Waals surface area contributed by atoms with E-state index in [0.29, 0.717) is 12.5 Å². The van der Waals surface area contributed by atoms with Gasteiger partial charge in [0.2, 0.25) is 5.91 Å². The molecule has 1 aromatic carbocycles. The zero-order valence-electron chi connectivity index (χ0n) is 14.1. The summed E-state index contributed by atoms with van der Waals surface area (Å²) in [6, 6.07) is 10.2. The number of para-hydroxylation sites is 1. The van der Waals surface area contributed by atoms with Crippen molar-refractivity contribution in [2.45, 2.75) is 45.2 Å². The highest BCUT2D eigenvalue weighted by atomic mass is 16.1. The van der Waals surface area contributed by atoms with Gasteiger partial charge in [-0.15, -0.1) is 5.10 Å². The molecule has 0 aliphatic carbocycles. The van der Waals surface area contributed by atoms with Gasteiger partial charge in [0, 0.05) is 25.6 Å². The molecule has 7 nitrogen and oxygen atoms in total. The number of hydrogen-bond donors (Lipinski definition) is 1. The van der Waals surface area contributed by atoms with Crippen molar-refractivity contribution in [2.75, 3.05) is 13.1 Å². The lowest BCUT2D eigenvalue weighted by Gasteiger charge is -2.31. The van der Waals surface area contributed by atoms with Crippen LogP contribution in [0.1, 0.15) is 38.4 Å². The Bertz CT molecular complexity index is 648. The zero-order valence-corrected chi connectivity index (χ0v) is 14.1. The van der Waals surface area contributed by atoms with Gasteiger partial charge in [0.15, 0.2) is 5.82 Å². The Kier molecular flexibility index (Phi) is 5.53. The first-order valence-corrected chi connectivity index (χ1v) is 8.60. The number of aromatic nitrogens is 4. The summed E-state index contributed by atoms with van der Waals surface area (Å²) < 4.78 is 1.79. The summed E-state index contributed by atoms with van der Waals surface area (Å²) in [5.74, 6) is 1.01. The van der Waals surface area contributed by atoms with Crippen LogP contribution < -0.4 is 5.32 Å². The number of piperidine rings is 1. The Morgan fingerprint density at radius 2 is 2.00 bits per heavy atom. The number of tetrazole rings is 1. The number of hydrogen-bond acceptors (Lipinski definition) is 5. The summed E-state index contributed by atoms with van der Waals surface area (Å²) in [5, 5.41) is 15.2. The summed E-state index contributed by atoms with van der Waals surface area (Å²) in [6.45, 7) is 4.63. The van der Waals surface area contributed by atoms with Crippen molar-refractivity contribution in [3.05, 3.63) is 36.2 Å².